The quantitative estimate of drug-likeness (QED) is 0.307. The fourth-order valence-corrected chi connectivity index (χ4v) is 5.98. The molecule has 2 aromatic carbocycles. The van der Waals surface area contributed by atoms with E-state index in [4.69, 9.17) is 4.98 Å². The van der Waals surface area contributed by atoms with Crippen molar-refractivity contribution in [2.45, 2.75) is 30.1 Å². The Labute approximate surface area is 216 Å². The fraction of sp³-hybridized carbons (Fsp3) is 0.129. The highest BCUT2D eigenvalue weighted by atomic mass is 32.2. The Morgan fingerprint density at radius 1 is 1.00 bits per heavy atom. The van der Waals surface area contributed by atoms with Gasteiger partial charge >= 0.3 is 0 Å². The number of nitrogens with one attached hydrogen (secondary N) is 2. The van der Waals surface area contributed by atoms with Crippen molar-refractivity contribution in [3.8, 4) is 11.3 Å². The van der Waals surface area contributed by atoms with E-state index >= 15 is 0 Å². The first-order valence-electron chi connectivity index (χ1n) is 12.2. The number of nitrogens with zero attached hydrogens (tertiary/aromatic N) is 2. The number of rotatable bonds is 3. The van der Waals surface area contributed by atoms with Crippen LogP contribution in [0.5, 0.6) is 0 Å². The second kappa shape index (κ2) is 8.92. The maximum Gasteiger partial charge on any atom is 0.146 e. The summed E-state index contributed by atoms with van der Waals surface area (Å²) in [6.45, 7) is 8.45. The lowest BCUT2D eigenvalue weighted by Crippen LogP contribution is -2.16. The lowest BCUT2D eigenvalue weighted by atomic mass is 10.1. The third-order valence-corrected chi connectivity index (χ3v) is 7.80. The van der Waals surface area contributed by atoms with E-state index in [1.54, 1.807) is 11.8 Å². The van der Waals surface area contributed by atoms with E-state index in [2.05, 4.69) is 109 Å². The van der Waals surface area contributed by atoms with Crippen molar-refractivity contribution in [2.75, 3.05) is 11.9 Å². The molecule has 0 spiro atoms. The maximum atomic E-state index is 4.87. The Hall–Kier alpha value is -3.96. The summed E-state index contributed by atoms with van der Waals surface area (Å²) < 4.78 is 0. The fourth-order valence-electron chi connectivity index (χ4n) is 4.78. The predicted molar refractivity (Wildman–Crippen MR) is 153 cm³/mol. The lowest BCUT2D eigenvalue weighted by molar-refractivity contribution is 1.04. The Morgan fingerprint density at radius 3 is 2.72 bits per heavy atom. The van der Waals surface area contributed by atoms with E-state index in [1.165, 1.54) is 21.4 Å². The van der Waals surface area contributed by atoms with Gasteiger partial charge in [0.05, 0.1) is 10.6 Å². The van der Waals surface area contributed by atoms with Crippen LogP contribution in [0, 0.1) is 0 Å². The Bertz CT molecular complexity index is 1620. The van der Waals surface area contributed by atoms with Crippen LogP contribution in [-0.4, -0.2) is 17.0 Å². The van der Waals surface area contributed by atoms with Crippen LogP contribution in [0.25, 0.3) is 27.9 Å². The molecule has 0 radical (unpaired) electrons. The highest BCUT2D eigenvalue weighted by Gasteiger charge is 2.23. The van der Waals surface area contributed by atoms with E-state index in [0.717, 1.165) is 56.4 Å². The predicted octanol–water partition coefficient (Wildman–Crippen LogP) is 7.99. The molecular weight excluding hydrogens is 460 g/mol. The summed E-state index contributed by atoms with van der Waals surface area (Å²) in [6, 6.07) is 17.7. The smallest absolute Gasteiger partial charge is 0.146 e. The molecule has 6 rings (SSSR count). The average Bonchev–Trinajstić information content (AvgIpc) is 3.30. The molecule has 0 unspecified atom stereocenters. The molecule has 0 amide bonds. The molecule has 0 atom stereocenters. The molecule has 4 nitrogen and oxygen atoms in total. The number of anilines is 2. The molecule has 0 aliphatic carbocycles. The van der Waals surface area contributed by atoms with Crippen LogP contribution in [0.3, 0.4) is 0 Å². The number of fused-ring (bicyclic) bond motifs is 3. The number of hydrogen-bond acceptors (Lipinski definition) is 4. The Balaban J connectivity index is 1.35. The van der Waals surface area contributed by atoms with Crippen LogP contribution in [0.4, 0.5) is 11.5 Å². The number of allylic oxidation sites excluding steroid dienone is 5. The zero-order chi connectivity index (χ0) is 24.8. The molecule has 2 aliphatic heterocycles. The van der Waals surface area contributed by atoms with Gasteiger partial charge in [0.1, 0.15) is 5.82 Å². The van der Waals surface area contributed by atoms with Crippen molar-refractivity contribution in [1.29, 1.82) is 0 Å². The first-order chi connectivity index (χ1) is 17.5. The van der Waals surface area contributed by atoms with E-state index in [0.29, 0.717) is 0 Å². The first kappa shape index (κ1) is 22.5. The minimum Gasteiger partial charge on any atom is -0.361 e. The van der Waals surface area contributed by atoms with Gasteiger partial charge in [0.15, 0.2) is 0 Å². The molecular formula is C31H28N4S. The van der Waals surface area contributed by atoms with Gasteiger partial charge in [0.2, 0.25) is 0 Å². The van der Waals surface area contributed by atoms with Gasteiger partial charge < -0.3 is 15.2 Å². The van der Waals surface area contributed by atoms with Crippen LogP contribution < -0.4 is 10.2 Å². The number of aromatic amines is 1. The highest BCUT2D eigenvalue weighted by Crippen LogP contribution is 2.48. The summed E-state index contributed by atoms with van der Waals surface area (Å²) in [7, 11) is 2.09. The van der Waals surface area contributed by atoms with Crippen LogP contribution in [0.2, 0.25) is 0 Å². The van der Waals surface area contributed by atoms with Gasteiger partial charge in [-0.05, 0) is 84.2 Å². The zero-order valence-electron chi connectivity index (χ0n) is 20.7. The summed E-state index contributed by atoms with van der Waals surface area (Å²) >= 11 is 1.77. The van der Waals surface area contributed by atoms with Gasteiger partial charge in [-0.2, -0.15) is 0 Å². The number of hydrogen-bond donors (Lipinski definition) is 2. The van der Waals surface area contributed by atoms with E-state index < -0.39 is 0 Å². The molecule has 0 bridgehead atoms. The van der Waals surface area contributed by atoms with E-state index in [9.17, 15) is 0 Å². The number of benzene rings is 2. The molecule has 36 heavy (non-hydrogen) atoms. The average molecular weight is 489 g/mol. The monoisotopic (exact) mass is 488 g/mol. The van der Waals surface area contributed by atoms with Crippen LogP contribution >= 0.6 is 11.8 Å². The van der Waals surface area contributed by atoms with Crippen molar-refractivity contribution in [2.24, 2.45) is 0 Å². The molecule has 2 aliphatic rings. The van der Waals surface area contributed by atoms with Crippen LogP contribution in [0.15, 0.2) is 107 Å². The third kappa shape index (κ3) is 4.06. The summed E-state index contributed by atoms with van der Waals surface area (Å²) in [4.78, 5) is 13.0. The second-order valence-electron chi connectivity index (χ2n) is 9.35. The summed E-state index contributed by atoms with van der Waals surface area (Å²) in [5.41, 5.74) is 10.2. The molecule has 2 aromatic heterocycles. The van der Waals surface area contributed by atoms with Gasteiger partial charge in [-0.15, -0.1) is 0 Å². The largest absolute Gasteiger partial charge is 0.361 e. The van der Waals surface area contributed by atoms with Gasteiger partial charge in [-0.1, -0.05) is 43.5 Å². The molecule has 2 N–H and O–H groups in total. The molecule has 5 heteroatoms. The van der Waals surface area contributed by atoms with Gasteiger partial charge in [0.25, 0.3) is 0 Å². The number of pyridine rings is 1. The first-order valence-corrected chi connectivity index (χ1v) is 13.0. The van der Waals surface area contributed by atoms with Gasteiger partial charge in [-0.25, -0.2) is 4.98 Å². The summed E-state index contributed by atoms with van der Waals surface area (Å²) in [5, 5.41) is 4.67. The molecule has 0 saturated heterocycles. The normalized spacial score (nSPS) is 18.8. The van der Waals surface area contributed by atoms with Crippen molar-refractivity contribution < 1.29 is 0 Å². The van der Waals surface area contributed by atoms with E-state index in [-0.39, 0.29) is 0 Å². The van der Waals surface area contributed by atoms with Crippen molar-refractivity contribution in [3.63, 3.8) is 0 Å². The van der Waals surface area contributed by atoms with Crippen LogP contribution in [-0.2, 0) is 6.42 Å². The Kier molecular flexibility index (Phi) is 5.57. The van der Waals surface area contributed by atoms with Crippen molar-refractivity contribution in [3.05, 3.63) is 108 Å². The topological polar surface area (TPSA) is 44.0 Å². The van der Waals surface area contributed by atoms with Gasteiger partial charge in [0, 0.05) is 52.2 Å². The molecule has 178 valence electrons. The zero-order valence-corrected chi connectivity index (χ0v) is 21.5. The molecule has 4 heterocycles. The van der Waals surface area contributed by atoms with Crippen molar-refractivity contribution in [1.82, 2.24) is 15.3 Å². The van der Waals surface area contributed by atoms with E-state index in [1.807, 2.05) is 12.4 Å². The summed E-state index contributed by atoms with van der Waals surface area (Å²) in [5.74, 6) is 0.980. The molecule has 0 fully saturated rings. The molecule has 0 saturated carbocycles. The minimum atomic E-state index is 0.977. The third-order valence-electron chi connectivity index (χ3n) is 6.73. The van der Waals surface area contributed by atoms with Crippen LogP contribution in [0.1, 0.15) is 25.0 Å². The molecule has 4 aromatic rings. The SMILES string of the molecule is C=C1/C=C(C)\C=C/N/C(c2ccc3c(c2)Sc2cc(-c4cc5cc(CC)ccc5[nH]4)cnc2N3C)=C\1. The summed E-state index contributed by atoms with van der Waals surface area (Å²) in [6.07, 6.45) is 11.2. The van der Waals surface area contributed by atoms with Gasteiger partial charge in [-0.3, -0.25) is 0 Å². The standard InChI is InChI=1S/C31H28N4S/c1-5-21-6-8-25-23(14-21)15-27(34-25)24-17-30-31(33-18-24)35(4)28-9-7-22(16-29(28)36-30)26-13-20(3)12-19(2)10-11-32-26/h6-18,32,34H,3,5H2,1-2,4H3/b11-10-,19-12-,26-13-. The van der Waals surface area contributed by atoms with Crippen molar-refractivity contribution >= 4 is 39.9 Å². The Morgan fingerprint density at radius 2 is 1.86 bits per heavy atom. The number of H-pyrrole nitrogens is 1. The highest BCUT2D eigenvalue weighted by molar-refractivity contribution is 7.99. The number of aryl methyl sites for hydroxylation is 1. The second-order valence-corrected chi connectivity index (χ2v) is 10.4. The lowest BCUT2D eigenvalue weighted by Gasteiger charge is -2.29. The maximum absolute atomic E-state index is 4.87. The minimum absolute atomic E-state index is 0.977. The number of aromatic nitrogens is 2.